The molecule has 0 aliphatic rings. The topological polar surface area (TPSA) is 67.1 Å². The lowest BCUT2D eigenvalue weighted by atomic mass is 10.3. The molecule has 136 valence electrons. The van der Waals surface area contributed by atoms with E-state index < -0.39 is 11.6 Å². The number of hydrogen-bond donors (Lipinski definition) is 2. The van der Waals surface area contributed by atoms with E-state index in [0.29, 0.717) is 28.0 Å². The molecule has 2 N–H and O–H groups in total. The van der Waals surface area contributed by atoms with Crippen LogP contribution in [0.2, 0.25) is 5.02 Å². The maximum Gasteiger partial charge on any atom is 0.178 e. The molecular formula is C18H13ClF2N6. The second-order valence-electron chi connectivity index (χ2n) is 5.72. The van der Waals surface area contributed by atoms with Crippen molar-refractivity contribution in [3.05, 3.63) is 77.1 Å². The predicted molar refractivity (Wildman–Crippen MR) is 99.2 cm³/mol. The molecular weight excluding hydrogens is 374 g/mol. The van der Waals surface area contributed by atoms with Crippen LogP contribution in [0.25, 0.3) is 5.65 Å². The van der Waals surface area contributed by atoms with Gasteiger partial charge >= 0.3 is 0 Å². The van der Waals surface area contributed by atoms with Crippen LogP contribution in [0.15, 0.2) is 54.6 Å². The number of halogens is 3. The number of nitrogens with zero attached hydrogens (tertiary/aromatic N) is 4. The summed E-state index contributed by atoms with van der Waals surface area (Å²) < 4.78 is 27.9. The monoisotopic (exact) mass is 386 g/mol. The highest BCUT2D eigenvalue weighted by atomic mass is 35.5. The molecule has 0 bridgehead atoms. The van der Waals surface area contributed by atoms with Gasteiger partial charge in [0, 0.05) is 22.5 Å². The van der Waals surface area contributed by atoms with E-state index in [2.05, 4.69) is 25.9 Å². The summed E-state index contributed by atoms with van der Waals surface area (Å²) in [5, 5.41) is 19.4. The van der Waals surface area contributed by atoms with Crippen LogP contribution in [0.4, 0.5) is 26.0 Å². The van der Waals surface area contributed by atoms with Crippen molar-refractivity contribution in [3.63, 3.8) is 0 Å². The van der Waals surface area contributed by atoms with E-state index in [1.165, 1.54) is 6.07 Å². The van der Waals surface area contributed by atoms with E-state index in [4.69, 9.17) is 11.6 Å². The highest BCUT2D eigenvalue weighted by Gasteiger charge is 2.09. The Morgan fingerprint density at radius 2 is 1.81 bits per heavy atom. The van der Waals surface area contributed by atoms with Crippen LogP contribution in [0, 0.1) is 11.6 Å². The van der Waals surface area contributed by atoms with Gasteiger partial charge in [0.25, 0.3) is 0 Å². The zero-order valence-electron chi connectivity index (χ0n) is 13.8. The fraction of sp³-hybridized carbons (Fsp3) is 0.0556. The molecule has 0 fully saturated rings. The van der Waals surface area contributed by atoms with Crippen LogP contribution in [0.1, 0.15) is 5.82 Å². The third-order valence-electron chi connectivity index (χ3n) is 3.79. The Kier molecular flexibility index (Phi) is 4.55. The van der Waals surface area contributed by atoms with Gasteiger partial charge in [-0.1, -0.05) is 17.7 Å². The van der Waals surface area contributed by atoms with Gasteiger partial charge in [-0.25, -0.2) is 8.78 Å². The van der Waals surface area contributed by atoms with Gasteiger partial charge < -0.3 is 10.6 Å². The highest BCUT2D eigenvalue weighted by molar-refractivity contribution is 6.30. The van der Waals surface area contributed by atoms with Crippen molar-refractivity contribution in [1.82, 2.24) is 19.8 Å². The minimum absolute atomic E-state index is 0.236. The van der Waals surface area contributed by atoms with E-state index in [9.17, 15) is 8.78 Å². The Hall–Kier alpha value is -3.26. The van der Waals surface area contributed by atoms with Crippen molar-refractivity contribution >= 4 is 34.4 Å². The lowest BCUT2D eigenvalue weighted by molar-refractivity contribution is 0.509. The third kappa shape index (κ3) is 3.80. The molecule has 27 heavy (non-hydrogen) atoms. The Bertz CT molecular complexity index is 1110. The van der Waals surface area contributed by atoms with Crippen molar-refractivity contribution in [1.29, 1.82) is 0 Å². The lowest BCUT2D eigenvalue weighted by Gasteiger charge is -2.08. The summed E-state index contributed by atoms with van der Waals surface area (Å²) in [5.41, 5.74) is 1.79. The highest BCUT2D eigenvalue weighted by Crippen LogP contribution is 2.19. The SMILES string of the molecule is Fc1ccc(NCc2nnc3ccc(Nc4cccc(Cl)c4)nn23)cc1F. The Morgan fingerprint density at radius 1 is 0.926 bits per heavy atom. The summed E-state index contributed by atoms with van der Waals surface area (Å²) in [6, 6.07) is 14.4. The molecule has 0 radical (unpaired) electrons. The molecule has 0 spiro atoms. The number of hydrogen-bond acceptors (Lipinski definition) is 5. The van der Waals surface area contributed by atoms with Crippen LogP contribution < -0.4 is 10.6 Å². The standard InChI is InChI=1S/C18H13ClF2N6/c19-11-2-1-3-13(8-11)23-16-6-7-17-24-25-18(27(17)26-16)10-22-12-4-5-14(20)15(21)9-12/h1-9,22H,10H2,(H,23,26). The fourth-order valence-electron chi connectivity index (χ4n) is 2.51. The van der Waals surface area contributed by atoms with Gasteiger partial charge in [0.1, 0.15) is 0 Å². The zero-order chi connectivity index (χ0) is 18.8. The fourth-order valence-corrected chi connectivity index (χ4v) is 2.70. The van der Waals surface area contributed by atoms with Crippen LogP contribution in [0.5, 0.6) is 0 Å². The average Bonchev–Trinajstić information content (AvgIpc) is 3.05. The van der Waals surface area contributed by atoms with Crippen LogP contribution in [-0.4, -0.2) is 19.8 Å². The summed E-state index contributed by atoms with van der Waals surface area (Å²) in [6.45, 7) is 0.236. The number of nitrogens with one attached hydrogen (secondary N) is 2. The molecule has 0 atom stereocenters. The van der Waals surface area contributed by atoms with E-state index >= 15 is 0 Å². The smallest absolute Gasteiger partial charge is 0.178 e. The van der Waals surface area contributed by atoms with E-state index in [0.717, 1.165) is 17.8 Å². The first-order valence-corrected chi connectivity index (χ1v) is 8.39. The Labute approximate surface area is 157 Å². The third-order valence-corrected chi connectivity index (χ3v) is 4.03. The first-order chi connectivity index (χ1) is 13.1. The van der Waals surface area contributed by atoms with Crippen LogP contribution in [0.3, 0.4) is 0 Å². The molecule has 2 aromatic carbocycles. The largest absolute Gasteiger partial charge is 0.378 e. The molecule has 6 nitrogen and oxygen atoms in total. The minimum Gasteiger partial charge on any atom is -0.378 e. The molecule has 9 heteroatoms. The van der Waals surface area contributed by atoms with Crippen molar-refractivity contribution in [2.75, 3.05) is 10.6 Å². The quantitative estimate of drug-likeness (QED) is 0.531. The normalized spacial score (nSPS) is 10.9. The maximum absolute atomic E-state index is 13.3. The maximum atomic E-state index is 13.3. The van der Waals surface area contributed by atoms with Gasteiger partial charge in [-0.3, -0.25) is 0 Å². The second kappa shape index (κ2) is 7.16. The molecule has 0 amide bonds. The molecule has 4 rings (SSSR count). The summed E-state index contributed by atoms with van der Waals surface area (Å²) in [7, 11) is 0. The Morgan fingerprint density at radius 3 is 2.63 bits per heavy atom. The summed E-state index contributed by atoms with van der Waals surface area (Å²) in [5.74, 6) is -0.716. The molecule has 2 heterocycles. The summed E-state index contributed by atoms with van der Waals surface area (Å²) >= 11 is 5.99. The number of benzene rings is 2. The van der Waals surface area contributed by atoms with Crippen molar-refractivity contribution in [2.24, 2.45) is 0 Å². The number of aromatic nitrogens is 4. The van der Waals surface area contributed by atoms with Crippen molar-refractivity contribution in [3.8, 4) is 0 Å². The van der Waals surface area contributed by atoms with Gasteiger partial charge in [0.05, 0.1) is 6.54 Å². The minimum atomic E-state index is -0.919. The molecule has 0 unspecified atom stereocenters. The van der Waals surface area contributed by atoms with Crippen molar-refractivity contribution in [2.45, 2.75) is 6.54 Å². The first kappa shape index (κ1) is 17.2. The summed E-state index contributed by atoms with van der Waals surface area (Å²) in [6.07, 6.45) is 0. The van der Waals surface area contributed by atoms with Gasteiger partial charge in [-0.2, -0.15) is 4.52 Å². The predicted octanol–water partition coefficient (Wildman–Crippen LogP) is 4.41. The van der Waals surface area contributed by atoms with Crippen LogP contribution >= 0.6 is 11.6 Å². The number of fused-ring (bicyclic) bond motifs is 1. The van der Waals surface area contributed by atoms with Gasteiger partial charge in [-0.05, 0) is 42.5 Å². The van der Waals surface area contributed by atoms with Gasteiger partial charge in [0.15, 0.2) is 28.9 Å². The average molecular weight is 387 g/mol. The van der Waals surface area contributed by atoms with Crippen LogP contribution in [-0.2, 0) is 6.54 Å². The molecule has 4 aromatic rings. The molecule has 0 aliphatic carbocycles. The van der Waals surface area contributed by atoms with Crippen molar-refractivity contribution < 1.29 is 8.78 Å². The molecule has 2 aromatic heterocycles. The van der Waals surface area contributed by atoms with Gasteiger partial charge in [-0.15, -0.1) is 15.3 Å². The molecule has 0 aliphatic heterocycles. The zero-order valence-corrected chi connectivity index (χ0v) is 14.6. The second-order valence-corrected chi connectivity index (χ2v) is 6.16. The van der Waals surface area contributed by atoms with E-state index in [1.807, 2.05) is 12.1 Å². The Balaban J connectivity index is 1.55. The molecule has 0 saturated heterocycles. The molecule has 0 saturated carbocycles. The number of rotatable bonds is 5. The van der Waals surface area contributed by atoms with E-state index in [1.54, 1.807) is 28.8 Å². The number of anilines is 3. The van der Waals surface area contributed by atoms with Gasteiger partial charge in [0.2, 0.25) is 0 Å². The summed E-state index contributed by atoms with van der Waals surface area (Å²) in [4.78, 5) is 0. The first-order valence-electron chi connectivity index (χ1n) is 8.01. The van der Waals surface area contributed by atoms with E-state index in [-0.39, 0.29) is 6.54 Å². The lowest BCUT2D eigenvalue weighted by Crippen LogP contribution is -2.07.